The topological polar surface area (TPSA) is 64.8 Å². The highest BCUT2D eigenvalue weighted by atomic mass is 16.5. The van der Waals surface area contributed by atoms with Crippen molar-refractivity contribution in [1.82, 2.24) is 19.5 Å². The molecule has 3 bridgehead atoms. The van der Waals surface area contributed by atoms with Gasteiger partial charge in [0, 0.05) is 35.1 Å². The number of aliphatic hydroxyl groups is 1. The van der Waals surface area contributed by atoms with Crippen molar-refractivity contribution in [2.45, 2.75) is 81.9 Å². The van der Waals surface area contributed by atoms with Gasteiger partial charge in [-0.1, -0.05) is 42.5 Å². The van der Waals surface area contributed by atoms with Gasteiger partial charge in [-0.25, -0.2) is 4.98 Å². The third-order valence-corrected chi connectivity index (χ3v) is 11.3. The van der Waals surface area contributed by atoms with Gasteiger partial charge in [-0.2, -0.15) is 4.73 Å². The number of piperidine rings is 1. The maximum absolute atomic E-state index is 13.1. The monoisotopic (exact) mass is 564 g/mol. The Labute approximate surface area is 249 Å². The molecule has 0 amide bonds. The van der Waals surface area contributed by atoms with E-state index in [4.69, 9.17) is 4.98 Å². The van der Waals surface area contributed by atoms with Crippen molar-refractivity contribution in [3.05, 3.63) is 72.6 Å². The molecular weight excluding hydrogens is 520 g/mol. The second-order valence-electron chi connectivity index (χ2n) is 13.7. The zero-order valence-electron chi connectivity index (χ0n) is 24.7. The summed E-state index contributed by atoms with van der Waals surface area (Å²) in [5.74, 6) is 0.241. The van der Waals surface area contributed by atoms with Gasteiger partial charge in [-0.3, -0.25) is 4.90 Å². The molecule has 220 valence electrons. The lowest BCUT2D eigenvalue weighted by molar-refractivity contribution is -0.0897. The second-order valence-corrected chi connectivity index (χ2v) is 13.7. The fraction of sp³-hybridized carbons (Fsp3) is 0.528. The van der Waals surface area contributed by atoms with Gasteiger partial charge in [-0.05, 0) is 114 Å². The van der Waals surface area contributed by atoms with E-state index in [9.17, 15) is 10.3 Å². The van der Waals surface area contributed by atoms with Crippen molar-refractivity contribution in [2.24, 2.45) is 11.3 Å². The van der Waals surface area contributed by atoms with Crippen LogP contribution >= 0.6 is 0 Å². The van der Waals surface area contributed by atoms with Gasteiger partial charge in [0.15, 0.2) is 0 Å². The van der Waals surface area contributed by atoms with Crippen LogP contribution in [0.25, 0.3) is 27.7 Å². The average molecular weight is 565 g/mol. The third-order valence-electron chi connectivity index (χ3n) is 11.3. The molecule has 42 heavy (non-hydrogen) atoms. The molecule has 0 aromatic heterocycles. The predicted molar refractivity (Wildman–Crippen MR) is 168 cm³/mol. The minimum atomic E-state index is -1.00. The number of aromatic nitrogens is 2. The van der Waals surface area contributed by atoms with E-state index in [2.05, 4.69) is 58.4 Å². The molecule has 0 radical (unpaired) electrons. The number of hydrogen-bond donors (Lipinski definition) is 2. The summed E-state index contributed by atoms with van der Waals surface area (Å²) >= 11 is 0. The van der Waals surface area contributed by atoms with E-state index in [1.807, 2.05) is 12.1 Å². The van der Waals surface area contributed by atoms with Gasteiger partial charge in [0.25, 0.3) is 0 Å². The highest BCUT2D eigenvalue weighted by Crippen LogP contribution is 2.62. The first-order chi connectivity index (χ1) is 20.6. The van der Waals surface area contributed by atoms with Crippen LogP contribution in [-0.4, -0.2) is 73.7 Å². The number of allylic oxidation sites excluding steroid dienone is 4. The molecule has 2 unspecified atom stereocenters. The largest absolute Gasteiger partial charge is 0.428 e. The lowest BCUT2D eigenvalue weighted by Gasteiger charge is -2.58. The Hall–Kier alpha value is -2.93. The normalized spacial score (nSPS) is 37.0. The van der Waals surface area contributed by atoms with Crippen LogP contribution in [0.2, 0.25) is 0 Å². The van der Waals surface area contributed by atoms with Crippen LogP contribution in [0.1, 0.15) is 69.9 Å². The zero-order chi connectivity index (χ0) is 28.3. The second kappa shape index (κ2) is 10.4. The molecule has 6 heterocycles. The van der Waals surface area contributed by atoms with Crippen LogP contribution in [0.5, 0.6) is 0 Å². The van der Waals surface area contributed by atoms with Crippen LogP contribution < -0.4 is 0 Å². The van der Waals surface area contributed by atoms with Crippen molar-refractivity contribution in [1.29, 1.82) is 0 Å². The Morgan fingerprint density at radius 1 is 0.905 bits per heavy atom. The van der Waals surface area contributed by atoms with Crippen LogP contribution in [0, 0.1) is 11.3 Å². The Balaban J connectivity index is 1.35. The predicted octanol–water partition coefficient (Wildman–Crippen LogP) is 6.52. The standard InChI is InChI=1S/C36H44N4O2/c41-36-18-10-4-1-2-5-11-19-38-21-17-30(35(25-38)23-26-13-7-3-6-12-20-39(26)34(35)36)29(24-36)33-32-28(16-22-40(33)42)27-14-8-9-15-31(27)37-32/h1,4,7-9,13-16,22,24,26,30,34,41-42H,2-3,5-6,10-12,17-21,23,25H2/b4-1-,13-7-/t26?,30-,34+,35-,36-/m0/s1. The van der Waals surface area contributed by atoms with Gasteiger partial charge in [-0.15, -0.1) is 0 Å². The minimum Gasteiger partial charge on any atom is -0.428 e. The molecule has 1 aliphatic carbocycles. The molecule has 7 aliphatic rings. The number of rotatable bonds is 1. The molecule has 2 fully saturated rings. The zero-order valence-corrected chi connectivity index (χ0v) is 24.7. The van der Waals surface area contributed by atoms with E-state index in [-0.39, 0.29) is 17.4 Å². The molecule has 0 saturated carbocycles. The van der Waals surface area contributed by atoms with Gasteiger partial charge < -0.3 is 15.2 Å². The smallest absolute Gasteiger partial charge is 0.109 e. The Bertz CT molecular complexity index is 1540. The first kappa shape index (κ1) is 26.7. The molecule has 1 spiro atoms. The van der Waals surface area contributed by atoms with E-state index in [0.717, 1.165) is 91.7 Å². The highest BCUT2D eigenvalue weighted by molar-refractivity contribution is 6.00. The number of fused-ring (bicyclic) bond motifs is 5. The van der Waals surface area contributed by atoms with Gasteiger partial charge >= 0.3 is 0 Å². The summed E-state index contributed by atoms with van der Waals surface area (Å²) in [6.07, 6.45) is 24.2. The summed E-state index contributed by atoms with van der Waals surface area (Å²) in [5.41, 5.74) is 3.63. The summed E-state index contributed by atoms with van der Waals surface area (Å²) in [6, 6.07) is 10.7. The summed E-state index contributed by atoms with van der Waals surface area (Å²) in [4.78, 5) is 10.5. The Morgan fingerprint density at radius 3 is 2.67 bits per heavy atom. The molecule has 1 aromatic rings. The minimum absolute atomic E-state index is 0.0569. The summed E-state index contributed by atoms with van der Waals surface area (Å²) in [7, 11) is 0. The number of pyridine rings is 1. The molecule has 1 aromatic carbocycles. The molecule has 6 heteroatoms. The molecule has 6 atom stereocenters. The fourth-order valence-corrected chi connectivity index (χ4v) is 9.65. The van der Waals surface area contributed by atoms with Gasteiger partial charge in [0.05, 0.1) is 22.9 Å². The highest BCUT2D eigenvalue weighted by Gasteiger charge is 2.65. The summed E-state index contributed by atoms with van der Waals surface area (Å²) in [5, 5.41) is 25.7. The van der Waals surface area contributed by atoms with E-state index in [0.29, 0.717) is 12.5 Å². The van der Waals surface area contributed by atoms with E-state index in [1.54, 1.807) is 6.20 Å². The van der Waals surface area contributed by atoms with Crippen LogP contribution in [0.15, 0.2) is 66.9 Å². The number of nitrogens with zero attached hydrogens (tertiary/aromatic N) is 4. The molecule has 2 saturated heterocycles. The van der Waals surface area contributed by atoms with Gasteiger partial charge in [0.1, 0.15) is 5.69 Å². The fourth-order valence-electron chi connectivity index (χ4n) is 9.65. The third kappa shape index (κ3) is 4.13. The van der Waals surface area contributed by atoms with Crippen LogP contribution in [0.3, 0.4) is 0 Å². The SMILES string of the molecule is On1ccc2c3ccccc3nc-2c1C1=C[C@@]2(O)CC/C=C\CCCCN3CC[C@@H]1[C@]1(CC4/C=C\CCCCN4[C@H]12)C3. The van der Waals surface area contributed by atoms with Crippen molar-refractivity contribution in [3.63, 3.8) is 0 Å². The maximum Gasteiger partial charge on any atom is 0.109 e. The van der Waals surface area contributed by atoms with Crippen molar-refractivity contribution < 1.29 is 10.3 Å². The van der Waals surface area contributed by atoms with Crippen molar-refractivity contribution >= 4 is 16.5 Å². The molecular formula is C36H44N4O2. The van der Waals surface area contributed by atoms with Crippen LogP contribution in [0.4, 0.5) is 0 Å². The Kier molecular flexibility index (Phi) is 6.58. The first-order valence-electron chi connectivity index (χ1n) is 16.4. The number of para-hydroxylation sites is 1. The quantitative estimate of drug-likeness (QED) is 0.260. The first-order valence-corrected chi connectivity index (χ1v) is 16.4. The lowest BCUT2D eigenvalue weighted by Crippen LogP contribution is -2.65. The van der Waals surface area contributed by atoms with E-state index < -0.39 is 5.60 Å². The summed E-state index contributed by atoms with van der Waals surface area (Å²) in [6.45, 7) is 4.23. The lowest BCUT2D eigenvalue weighted by atomic mass is 9.54. The van der Waals surface area contributed by atoms with Crippen LogP contribution in [-0.2, 0) is 0 Å². The Morgan fingerprint density at radius 2 is 1.74 bits per heavy atom. The molecule has 6 nitrogen and oxygen atoms in total. The van der Waals surface area contributed by atoms with Crippen molar-refractivity contribution in [2.75, 3.05) is 26.2 Å². The average Bonchev–Trinajstić information content (AvgIpc) is 3.49. The number of benzene rings is 1. The molecule has 8 rings (SSSR count). The van der Waals surface area contributed by atoms with E-state index in [1.165, 1.54) is 30.4 Å². The summed E-state index contributed by atoms with van der Waals surface area (Å²) < 4.78 is 1.30. The number of hydrogen-bond acceptors (Lipinski definition) is 5. The van der Waals surface area contributed by atoms with Crippen molar-refractivity contribution in [3.8, 4) is 11.3 Å². The van der Waals surface area contributed by atoms with Gasteiger partial charge in [0.2, 0.25) is 0 Å². The molecule has 2 N–H and O–H groups in total. The molecule has 6 aliphatic heterocycles. The maximum atomic E-state index is 13.1. The van der Waals surface area contributed by atoms with E-state index >= 15 is 0 Å².